The van der Waals surface area contributed by atoms with E-state index in [2.05, 4.69) is 10.1 Å². The van der Waals surface area contributed by atoms with Crippen molar-refractivity contribution in [3.63, 3.8) is 0 Å². The van der Waals surface area contributed by atoms with Crippen molar-refractivity contribution in [1.29, 1.82) is 0 Å². The van der Waals surface area contributed by atoms with Gasteiger partial charge in [-0.2, -0.15) is 4.98 Å². The smallest absolute Gasteiger partial charge is 0.249 e. The minimum absolute atomic E-state index is 0.398. The van der Waals surface area contributed by atoms with Gasteiger partial charge in [0.2, 0.25) is 11.7 Å². The maximum absolute atomic E-state index is 6.16. The number of nitrogens with zero attached hydrogens (tertiary/aromatic N) is 2. The average Bonchev–Trinajstić information content (AvgIpc) is 2.99. The quantitative estimate of drug-likeness (QED) is 0.898. The Bertz CT molecular complexity index is 564. The summed E-state index contributed by atoms with van der Waals surface area (Å²) in [6, 6.07) is 7.34. The van der Waals surface area contributed by atoms with E-state index in [1.807, 2.05) is 18.2 Å². The van der Waals surface area contributed by atoms with Gasteiger partial charge in [0, 0.05) is 12.2 Å². The van der Waals surface area contributed by atoms with Crippen LogP contribution in [0.2, 0.25) is 5.02 Å². The van der Waals surface area contributed by atoms with Crippen LogP contribution >= 0.6 is 11.6 Å². The summed E-state index contributed by atoms with van der Waals surface area (Å²) in [4.78, 5) is 4.33. The van der Waals surface area contributed by atoms with Gasteiger partial charge >= 0.3 is 0 Å². The lowest BCUT2D eigenvalue weighted by molar-refractivity contribution is 0.166. The van der Waals surface area contributed by atoms with Gasteiger partial charge in [-0.05, 0) is 18.6 Å². The van der Waals surface area contributed by atoms with Gasteiger partial charge in [-0.1, -0.05) is 28.9 Å². The first-order chi connectivity index (χ1) is 8.69. The number of halogens is 1. The summed E-state index contributed by atoms with van der Waals surface area (Å²) >= 11 is 6.08. The molecule has 1 atom stereocenters. The summed E-state index contributed by atoms with van der Waals surface area (Å²) in [6.45, 7) is 1.01. The Labute approximate surface area is 109 Å². The summed E-state index contributed by atoms with van der Waals surface area (Å²) in [5, 5.41) is 4.51. The molecule has 3 rings (SSSR count). The lowest BCUT2D eigenvalue weighted by Gasteiger charge is -2.14. The maximum atomic E-state index is 6.16. The van der Waals surface area contributed by atoms with Gasteiger partial charge in [0.1, 0.15) is 5.54 Å². The van der Waals surface area contributed by atoms with Crippen molar-refractivity contribution in [2.45, 2.75) is 12.0 Å². The van der Waals surface area contributed by atoms with E-state index < -0.39 is 5.54 Å². The molecule has 0 saturated carbocycles. The van der Waals surface area contributed by atoms with Crippen LogP contribution in [-0.2, 0) is 10.3 Å². The summed E-state index contributed by atoms with van der Waals surface area (Å²) in [6.07, 6.45) is 0.678. The van der Waals surface area contributed by atoms with E-state index >= 15 is 0 Å². The molecule has 0 spiro atoms. The van der Waals surface area contributed by atoms with Crippen molar-refractivity contribution in [2.75, 3.05) is 13.2 Å². The Hall–Kier alpha value is -1.43. The van der Waals surface area contributed by atoms with Crippen LogP contribution in [0.4, 0.5) is 0 Å². The molecule has 6 heteroatoms. The van der Waals surface area contributed by atoms with Gasteiger partial charge in [-0.25, -0.2) is 0 Å². The molecule has 0 bridgehead atoms. The van der Waals surface area contributed by atoms with Gasteiger partial charge < -0.3 is 15.0 Å². The lowest BCUT2D eigenvalue weighted by atomic mass is 10.0. The Morgan fingerprint density at radius 1 is 1.33 bits per heavy atom. The van der Waals surface area contributed by atoms with Gasteiger partial charge in [0.25, 0.3) is 0 Å². The molecule has 1 aliphatic heterocycles. The Morgan fingerprint density at radius 3 is 2.89 bits per heavy atom. The number of benzene rings is 1. The standard InChI is InChI=1S/C12H12ClN3O2/c13-9-4-2-1-3-8(9)10-15-11(18-16-10)12(14)5-6-17-7-12/h1-4H,5-7,14H2. The van der Waals surface area contributed by atoms with Crippen LogP contribution in [0.15, 0.2) is 28.8 Å². The molecular formula is C12H12ClN3O2. The minimum atomic E-state index is -0.674. The van der Waals surface area contributed by atoms with E-state index in [-0.39, 0.29) is 0 Å². The monoisotopic (exact) mass is 265 g/mol. The molecule has 0 radical (unpaired) electrons. The number of hydrogen-bond acceptors (Lipinski definition) is 5. The van der Waals surface area contributed by atoms with Crippen LogP contribution in [0.5, 0.6) is 0 Å². The molecule has 2 aromatic rings. The van der Waals surface area contributed by atoms with Crippen LogP contribution in [0, 0.1) is 0 Å². The fraction of sp³-hybridized carbons (Fsp3) is 0.333. The Morgan fingerprint density at radius 2 is 2.17 bits per heavy atom. The van der Waals surface area contributed by atoms with Crippen molar-refractivity contribution in [3.05, 3.63) is 35.2 Å². The molecule has 2 heterocycles. The number of aromatic nitrogens is 2. The molecule has 1 aliphatic rings. The SMILES string of the molecule is NC1(c2nc(-c3ccccc3Cl)no2)CCOC1. The maximum Gasteiger partial charge on any atom is 0.249 e. The van der Waals surface area contributed by atoms with Crippen LogP contribution in [-0.4, -0.2) is 23.4 Å². The summed E-state index contributed by atoms with van der Waals surface area (Å²) < 4.78 is 10.5. The van der Waals surface area contributed by atoms with Crippen molar-refractivity contribution in [1.82, 2.24) is 10.1 Å². The van der Waals surface area contributed by atoms with Gasteiger partial charge in [-0.15, -0.1) is 0 Å². The number of hydrogen-bond donors (Lipinski definition) is 1. The average molecular weight is 266 g/mol. The third-order valence-corrected chi connectivity index (χ3v) is 3.35. The molecule has 1 fully saturated rings. The van der Waals surface area contributed by atoms with Crippen molar-refractivity contribution in [2.24, 2.45) is 5.73 Å². The molecule has 94 valence electrons. The second kappa shape index (κ2) is 4.35. The highest BCUT2D eigenvalue weighted by molar-refractivity contribution is 6.33. The van der Waals surface area contributed by atoms with Crippen molar-refractivity contribution < 1.29 is 9.26 Å². The van der Waals surface area contributed by atoms with E-state index in [9.17, 15) is 0 Å². The predicted molar refractivity (Wildman–Crippen MR) is 66.0 cm³/mol. The van der Waals surface area contributed by atoms with Crippen molar-refractivity contribution >= 4 is 11.6 Å². The number of rotatable bonds is 2. The Balaban J connectivity index is 1.97. The van der Waals surface area contributed by atoms with Crippen LogP contribution in [0.25, 0.3) is 11.4 Å². The summed E-state index contributed by atoms with van der Waals surface area (Å²) in [5.41, 5.74) is 6.21. The Kier molecular flexibility index (Phi) is 2.81. The second-order valence-electron chi connectivity index (χ2n) is 4.36. The fourth-order valence-electron chi connectivity index (χ4n) is 1.93. The number of nitrogens with two attached hydrogens (primary N) is 1. The van der Waals surface area contributed by atoms with E-state index in [1.54, 1.807) is 6.07 Å². The van der Waals surface area contributed by atoms with Gasteiger partial charge in [0.05, 0.1) is 11.6 Å². The zero-order chi connectivity index (χ0) is 12.6. The van der Waals surface area contributed by atoms with Gasteiger partial charge in [-0.3, -0.25) is 0 Å². The highest BCUT2D eigenvalue weighted by atomic mass is 35.5. The van der Waals surface area contributed by atoms with Gasteiger partial charge in [0.15, 0.2) is 0 Å². The molecule has 5 nitrogen and oxygen atoms in total. The normalized spacial score (nSPS) is 23.4. The third kappa shape index (κ3) is 1.90. The molecular weight excluding hydrogens is 254 g/mol. The summed E-state index contributed by atoms with van der Waals surface area (Å²) in [5.74, 6) is 0.849. The molecule has 1 saturated heterocycles. The topological polar surface area (TPSA) is 74.2 Å². The zero-order valence-corrected chi connectivity index (χ0v) is 10.4. The zero-order valence-electron chi connectivity index (χ0n) is 9.60. The van der Waals surface area contributed by atoms with E-state index in [4.69, 9.17) is 26.6 Å². The highest BCUT2D eigenvalue weighted by Crippen LogP contribution is 2.30. The molecule has 1 aromatic heterocycles. The summed E-state index contributed by atoms with van der Waals surface area (Å²) in [7, 11) is 0. The third-order valence-electron chi connectivity index (χ3n) is 3.02. The van der Waals surface area contributed by atoms with Crippen LogP contribution in [0.3, 0.4) is 0 Å². The minimum Gasteiger partial charge on any atom is -0.379 e. The van der Waals surface area contributed by atoms with E-state index in [0.29, 0.717) is 36.4 Å². The lowest BCUT2D eigenvalue weighted by Crippen LogP contribution is -2.37. The molecule has 2 N–H and O–H groups in total. The second-order valence-corrected chi connectivity index (χ2v) is 4.77. The molecule has 1 aromatic carbocycles. The first-order valence-corrected chi connectivity index (χ1v) is 6.02. The highest BCUT2D eigenvalue weighted by Gasteiger charge is 2.38. The predicted octanol–water partition coefficient (Wildman–Crippen LogP) is 1.96. The number of ether oxygens (including phenoxy) is 1. The molecule has 0 aliphatic carbocycles. The largest absolute Gasteiger partial charge is 0.379 e. The molecule has 0 amide bonds. The fourth-order valence-corrected chi connectivity index (χ4v) is 2.15. The van der Waals surface area contributed by atoms with E-state index in [0.717, 1.165) is 5.56 Å². The first kappa shape index (κ1) is 11.6. The first-order valence-electron chi connectivity index (χ1n) is 5.65. The van der Waals surface area contributed by atoms with Crippen molar-refractivity contribution in [3.8, 4) is 11.4 Å². The van der Waals surface area contributed by atoms with Crippen LogP contribution in [0.1, 0.15) is 12.3 Å². The molecule has 18 heavy (non-hydrogen) atoms. The van der Waals surface area contributed by atoms with Crippen LogP contribution < -0.4 is 5.73 Å². The molecule has 1 unspecified atom stereocenters. The van der Waals surface area contributed by atoms with E-state index in [1.165, 1.54) is 0 Å².